The fourth-order valence-electron chi connectivity index (χ4n) is 4.81. The summed E-state index contributed by atoms with van der Waals surface area (Å²) in [4.78, 5) is 14.1. The summed E-state index contributed by atoms with van der Waals surface area (Å²) in [5.41, 5.74) is 3.64. The largest absolute Gasteiger partial charge is 0.299 e. The maximum absolute atomic E-state index is 11.6. The highest BCUT2D eigenvalue weighted by molar-refractivity contribution is 7.89. The molecule has 1 saturated carbocycles. The number of carbonyl (C=O) groups is 1. The molecule has 0 spiro atoms. The number of carbonyl (C=O) groups excluding carboxylic acids is 1. The van der Waals surface area contributed by atoms with Crippen LogP contribution in [-0.4, -0.2) is 38.6 Å². The molecule has 0 aromatic heterocycles. The molecule has 6 heteroatoms. The van der Waals surface area contributed by atoms with Gasteiger partial charge in [0.05, 0.1) is 6.26 Å². The lowest BCUT2D eigenvalue weighted by Crippen LogP contribution is -2.33. The summed E-state index contributed by atoms with van der Waals surface area (Å²) in [7, 11) is -3.53. The summed E-state index contributed by atoms with van der Waals surface area (Å²) in [6.07, 6.45) is 9.13. The number of likely N-dealkylation sites (tertiary alicyclic amines) is 1. The minimum Gasteiger partial charge on any atom is -0.299 e. The smallest absolute Gasteiger partial charge is 0.257 e. The van der Waals surface area contributed by atoms with Crippen LogP contribution in [0.1, 0.15) is 48.3 Å². The van der Waals surface area contributed by atoms with E-state index >= 15 is 0 Å². The molecule has 32 heavy (non-hydrogen) atoms. The molecule has 170 valence electrons. The van der Waals surface area contributed by atoms with E-state index in [0.29, 0.717) is 0 Å². The third kappa shape index (κ3) is 6.78. The van der Waals surface area contributed by atoms with Crippen molar-refractivity contribution in [2.75, 3.05) is 19.3 Å². The Morgan fingerprint density at radius 1 is 1.06 bits per heavy atom. The molecular weight excluding hydrogens is 420 g/mol. The van der Waals surface area contributed by atoms with Crippen molar-refractivity contribution in [3.63, 3.8) is 0 Å². The van der Waals surface area contributed by atoms with Crippen molar-refractivity contribution in [2.45, 2.75) is 38.1 Å². The van der Waals surface area contributed by atoms with Gasteiger partial charge in [0.1, 0.15) is 0 Å². The summed E-state index contributed by atoms with van der Waals surface area (Å²) in [6.45, 7) is 3.25. The van der Waals surface area contributed by atoms with Crippen LogP contribution in [0.5, 0.6) is 0 Å². The van der Waals surface area contributed by atoms with Crippen molar-refractivity contribution in [3.8, 4) is 0 Å². The number of hydrogen-bond acceptors (Lipinski definition) is 4. The summed E-state index contributed by atoms with van der Waals surface area (Å²) in [5, 5.41) is 0. The van der Waals surface area contributed by atoms with Crippen LogP contribution in [0.4, 0.5) is 0 Å². The Labute approximate surface area is 191 Å². The standard InChI is InChI=1S/C26H32N2O3S/c1-32(30,31)27-26(29)12-11-20-7-9-22(10-8-20)19-28-15-13-21(14-16-28)17-24-18-25(24)23-5-3-2-4-6-23/h2-12,21,24-25H,13-19H2,1H3,(H,27,29)/b12-11+/t24-,25+/m1/s1. The molecule has 0 radical (unpaired) electrons. The van der Waals surface area contributed by atoms with Gasteiger partial charge in [0.25, 0.3) is 5.91 Å². The van der Waals surface area contributed by atoms with Crippen molar-refractivity contribution in [2.24, 2.45) is 11.8 Å². The van der Waals surface area contributed by atoms with Crippen molar-refractivity contribution in [1.29, 1.82) is 0 Å². The monoisotopic (exact) mass is 452 g/mol. The second kappa shape index (κ2) is 10.0. The molecule has 1 heterocycles. The summed E-state index contributed by atoms with van der Waals surface area (Å²) >= 11 is 0. The molecule has 1 amide bonds. The van der Waals surface area contributed by atoms with Crippen LogP contribution < -0.4 is 4.72 Å². The molecule has 1 N–H and O–H groups in total. The quantitative estimate of drug-likeness (QED) is 0.610. The van der Waals surface area contributed by atoms with Crippen LogP contribution in [0.15, 0.2) is 60.7 Å². The van der Waals surface area contributed by atoms with Crippen LogP contribution in [0.25, 0.3) is 6.08 Å². The third-order valence-electron chi connectivity index (χ3n) is 6.59. The predicted octanol–water partition coefficient (Wildman–Crippen LogP) is 4.18. The van der Waals surface area contributed by atoms with E-state index in [2.05, 4.69) is 47.4 Å². The number of nitrogens with one attached hydrogen (secondary N) is 1. The lowest BCUT2D eigenvalue weighted by Gasteiger charge is -2.32. The van der Waals surface area contributed by atoms with Gasteiger partial charge in [-0.05, 0) is 79.3 Å². The van der Waals surface area contributed by atoms with Gasteiger partial charge in [0.15, 0.2) is 0 Å². The Kier molecular flexibility index (Phi) is 7.11. The normalized spacial score (nSPS) is 22.2. The fourth-order valence-corrected chi connectivity index (χ4v) is 5.24. The Bertz CT molecular complexity index is 1040. The number of sulfonamides is 1. The molecule has 2 atom stereocenters. The average molecular weight is 453 g/mol. The zero-order valence-corrected chi connectivity index (χ0v) is 19.4. The van der Waals surface area contributed by atoms with Gasteiger partial charge in [-0.3, -0.25) is 9.69 Å². The first kappa shape index (κ1) is 22.7. The molecule has 0 bridgehead atoms. The number of hydrogen-bond donors (Lipinski definition) is 1. The molecule has 2 fully saturated rings. The molecule has 2 aliphatic rings. The van der Waals surface area contributed by atoms with Crippen LogP contribution >= 0.6 is 0 Å². The minimum absolute atomic E-state index is 0.638. The van der Waals surface area contributed by atoms with Crippen molar-refractivity contribution in [1.82, 2.24) is 9.62 Å². The first-order valence-corrected chi connectivity index (χ1v) is 13.3. The molecule has 2 aromatic carbocycles. The summed E-state index contributed by atoms with van der Waals surface area (Å²) in [6, 6.07) is 19.0. The van der Waals surface area contributed by atoms with Gasteiger partial charge in [-0.2, -0.15) is 0 Å². The van der Waals surface area contributed by atoms with Crippen molar-refractivity contribution < 1.29 is 13.2 Å². The number of benzene rings is 2. The Hall–Kier alpha value is -2.44. The van der Waals surface area contributed by atoms with Gasteiger partial charge in [-0.1, -0.05) is 54.6 Å². The predicted molar refractivity (Wildman–Crippen MR) is 128 cm³/mol. The molecule has 5 nitrogen and oxygen atoms in total. The van der Waals surface area contributed by atoms with E-state index < -0.39 is 15.9 Å². The van der Waals surface area contributed by atoms with Gasteiger partial charge in [-0.15, -0.1) is 0 Å². The number of rotatable bonds is 8. The Morgan fingerprint density at radius 3 is 2.41 bits per heavy atom. The van der Waals surface area contributed by atoms with Gasteiger partial charge in [0, 0.05) is 12.6 Å². The summed E-state index contributed by atoms with van der Waals surface area (Å²) < 4.78 is 24.1. The van der Waals surface area contributed by atoms with E-state index in [1.807, 2.05) is 16.9 Å². The highest BCUT2D eigenvalue weighted by Crippen LogP contribution is 2.51. The SMILES string of the molecule is CS(=O)(=O)NC(=O)/C=C/c1ccc(CN2CCC(C[C@@H]3C[C@H]3c3ccccc3)CC2)cc1. The van der Waals surface area contributed by atoms with Crippen molar-refractivity contribution in [3.05, 3.63) is 77.4 Å². The highest BCUT2D eigenvalue weighted by Gasteiger charge is 2.39. The first-order chi connectivity index (χ1) is 15.4. The van der Waals surface area contributed by atoms with Crippen LogP contribution in [0.2, 0.25) is 0 Å². The topological polar surface area (TPSA) is 66.5 Å². The van der Waals surface area contributed by atoms with Gasteiger partial charge in [0.2, 0.25) is 10.0 Å². The first-order valence-electron chi connectivity index (χ1n) is 11.4. The van der Waals surface area contributed by atoms with E-state index in [0.717, 1.165) is 49.2 Å². The van der Waals surface area contributed by atoms with Crippen LogP contribution in [0.3, 0.4) is 0 Å². The second-order valence-corrected chi connectivity index (χ2v) is 11.0. The Balaban J connectivity index is 1.19. The maximum Gasteiger partial charge on any atom is 0.257 e. The van der Waals surface area contributed by atoms with E-state index in [1.165, 1.54) is 42.9 Å². The van der Waals surface area contributed by atoms with Gasteiger partial charge < -0.3 is 0 Å². The highest BCUT2D eigenvalue weighted by atomic mass is 32.2. The van der Waals surface area contributed by atoms with E-state index in [4.69, 9.17) is 0 Å². The number of nitrogens with zero attached hydrogens (tertiary/aromatic N) is 1. The van der Waals surface area contributed by atoms with Crippen LogP contribution in [0, 0.1) is 11.8 Å². The molecule has 1 saturated heterocycles. The van der Waals surface area contributed by atoms with E-state index in [9.17, 15) is 13.2 Å². The van der Waals surface area contributed by atoms with Crippen molar-refractivity contribution >= 4 is 22.0 Å². The summed E-state index contributed by atoms with van der Waals surface area (Å²) in [5.74, 6) is 1.89. The van der Waals surface area contributed by atoms with Gasteiger partial charge >= 0.3 is 0 Å². The lowest BCUT2D eigenvalue weighted by molar-refractivity contribution is -0.114. The zero-order valence-electron chi connectivity index (χ0n) is 18.6. The zero-order chi connectivity index (χ0) is 22.6. The molecule has 2 aromatic rings. The van der Waals surface area contributed by atoms with E-state index in [-0.39, 0.29) is 0 Å². The Morgan fingerprint density at radius 2 is 1.75 bits per heavy atom. The molecule has 4 rings (SSSR count). The fraction of sp³-hybridized carbons (Fsp3) is 0.423. The second-order valence-electron chi connectivity index (χ2n) is 9.28. The van der Waals surface area contributed by atoms with E-state index in [1.54, 1.807) is 6.08 Å². The minimum atomic E-state index is -3.53. The van der Waals surface area contributed by atoms with Gasteiger partial charge in [-0.25, -0.2) is 13.1 Å². The maximum atomic E-state index is 11.6. The number of piperidine rings is 1. The average Bonchev–Trinajstić information content (AvgIpc) is 3.53. The molecular formula is C26H32N2O3S. The molecule has 1 aliphatic carbocycles. The molecule has 1 aliphatic heterocycles. The third-order valence-corrected chi connectivity index (χ3v) is 7.16. The number of amides is 1. The van der Waals surface area contributed by atoms with Crippen LogP contribution in [-0.2, 0) is 21.4 Å². The lowest BCUT2D eigenvalue weighted by atomic mass is 9.90. The molecule has 0 unspecified atom stereocenters.